The van der Waals surface area contributed by atoms with Crippen molar-refractivity contribution < 1.29 is 13.2 Å². The summed E-state index contributed by atoms with van der Waals surface area (Å²) in [7, 11) is -3.51. The number of rotatable bonds is 8. The molecule has 1 unspecified atom stereocenters. The molecule has 5 nitrogen and oxygen atoms in total. The third-order valence-electron chi connectivity index (χ3n) is 6.37. The minimum absolute atomic E-state index is 0.0248. The van der Waals surface area contributed by atoms with E-state index < -0.39 is 16.1 Å². The van der Waals surface area contributed by atoms with E-state index in [-0.39, 0.29) is 24.1 Å². The number of fused-ring (bicyclic) bond motifs is 1. The van der Waals surface area contributed by atoms with Crippen LogP contribution in [-0.4, -0.2) is 37.0 Å². The van der Waals surface area contributed by atoms with Gasteiger partial charge in [0.05, 0.1) is 5.75 Å². The standard InChI is InChI=1S/C27H30N2O3S/c1-2-33(31,32)29-20-24-16-10-9-15-23(24)19-26(29)27(30)28-18-17-25(21-11-5-3-6-12-21)22-13-7-4-8-14-22/h3-16,25-26H,2,17-20H2,1H3,(H,28,30). The third-order valence-corrected chi connectivity index (χ3v) is 8.19. The van der Waals surface area contributed by atoms with Crippen molar-refractivity contribution in [2.75, 3.05) is 12.3 Å². The Labute approximate surface area is 196 Å². The van der Waals surface area contributed by atoms with Gasteiger partial charge in [-0.3, -0.25) is 4.79 Å². The molecule has 33 heavy (non-hydrogen) atoms. The highest BCUT2D eigenvalue weighted by Crippen LogP contribution is 2.28. The topological polar surface area (TPSA) is 66.5 Å². The number of amides is 1. The molecule has 0 bridgehead atoms. The molecule has 1 N–H and O–H groups in total. The van der Waals surface area contributed by atoms with Crippen LogP contribution < -0.4 is 5.32 Å². The molecule has 1 heterocycles. The molecule has 1 aliphatic heterocycles. The monoisotopic (exact) mass is 462 g/mol. The van der Waals surface area contributed by atoms with Crippen molar-refractivity contribution in [3.05, 3.63) is 107 Å². The molecule has 1 atom stereocenters. The summed E-state index contributed by atoms with van der Waals surface area (Å²) in [4.78, 5) is 13.2. The number of nitrogens with one attached hydrogen (secondary N) is 1. The molecular formula is C27H30N2O3S. The molecule has 0 radical (unpaired) electrons. The first-order valence-electron chi connectivity index (χ1n) is 11.4. The van der Waals surface area contributed by atoms with Gasteiger partial charge < -0.3 is 5.32 Å². The predicted molar refractivity (Wildman–Crippen MR) is 131 cm³/mol. The van der Waals surface area contributed by atoms with E-state index in [0.717, 1.165) is 17.5 Å². The molecular weight excluding hydrogens is 432 g/mol. The molecule has 0 fully saturated rings. The number of carbonyl (C=O) groups excluding carboxylic acids is 1. The minimum atomic E-state index is -3.51. The van der Waals surface area contributed by atoms with Crippen LogP contribution in [0, 0.1) is 0 Å². The summed E-state index contributed by atoms with van der Waals surface area (Å²) in [5, 5.41) is 3.03. The molecule has 4 rings (SSSR count). The Bertz CT molecular complexity index is 1140. The Morgan fingerprint density at radius 2 is 1.45 bits per heavy atom. The second-order valence-electron chi connectivity index (χ2n) is 8.39. The first kappa shape index (κ1) is 23.2. The Hall–Kier alpha value is -2.96. The zero-order valence-electron chi connectivity index (χ0n) is 18.9. The van der Waals surface area contributed by atoms with Crippen molar-refractivity contribution in [1.29, 1.82) is 0 Å². The first-order valence-corrected chi connectivity index (χ1v) is 13.0. The van der Waals surface area contributed by atoms with Crippen LogP contribution in [0.4, 0.5) is 0 Å². The lowest BCUT2D eigenvalue weighted by Gasteiger charge is -2.35. The quantitative estimate of drug-likeness (QED) is 0.548. The zero-order valence-corrected chi connectivity index (χ0v) is 19.7. The maximum absolute atomic E-state index is 13.2. The normalized spacial score (nSPS) is 16.4. The highest BCUT2D eigenvalue weighted by Gasteiger charge is 2.37. The lowest BCUT2D eigenvalue weighted by atomic mass is 9.88. The molecule has 3 aromatic carbocycles. The van der Waals surface area contributed by atoms with E-state index in [1.165, 1.54) is 15.4 Å². The van der Waals surface area contributed by atoms with E-state index in [1.54, 1.807) is 6.92 Å². The molecule has 1 aliphatic rings. The lowest BCUT2D eigenvalue weighted by molar-refractivity contribution is -0.125. The van der Waals surface area contributed by atoms with Gasteiger partial charge in [-0.25, -0.2) is 8.42 Å². The van der Waals surface area contributed by atoms with E-state index >= 15 is 0 Å². The number of hydrogen-bond acceptors (Lipinski definition) is 3. The van der Waals surface area contributed by atoms with Crippen molar-refractivity contribution in [3.63, 3.8) is 0 Å². The van der Waals surface area contributed by atoms with E-state index in [9.17, 15) is 13.2 Å². The molecule has 0 spiro atoms. The summed E-state index contributed by atoms with van der Waals surface area (Å²) >= 11 is 0. The third kappa shape index (κ3) is 5.34. The van der Waals surface area contributed by atoms with E-state index in [4.69, 9.17) is 0 Å². The van der Waals surface area contributed by atoms with E-state index in [2.05, 4.69) is 29.6 Å². The van der Waals surface area contributed by atoms with Crippen molar-refractivity contribution in [2.24, 2.45) is 0 Å². The van der Waals surface area contributed by atoms with Crippen molar-refractivity contribution in [1.82, 2.24) is 9.62 Å². The fourth-order valence-corrected chi connectivity index (χ4v) is 5.76. The second kappa shape index (κ2) is 10.3. The van der Waals surface area contributed by atoms with Gasteiger partial charge in [0, 0.05) is 19.0 Å². The highest BCUT2D eigenvalue weighted by molar-refractivity contribution is 7.89. The molecule has 1 amide bonds. The summed E-state index contributed by atoms with van der Waals surface area (Å²) in [6.45, 7) is 2.32. The second-order valence-corrected chi connectivity index (χ2v) is 10.6. The van der Waals surface area contributed by atoms with Gasteiger partial charge >= 0.3 is 0 Å². The fourth-order valence-electron chi connectivity index (χ4n) is 4.53. The summed E-state index contributed by atoms with van der Waals surface area (Å²) in [6, 6.07) is 27.5. The predicted octanol–water partition coefficient (Wildman–Crippen LogP) is 4.10. The maximum Gasteiger partial charge on any atom is 0.238 e. The van der Waals surface area contributed by atoms with Crippen LogP contribution in [0.25, 0.3) is 0 Å². The lowest BCUT2D eigenvalue weighted by Crippen LogP contribution is -2.53. The summed E-state index contributed by atoms with van der Waals surface area (Å²) < 4.78 is 26.9. The van der Waals surface area contributed by atoms with Gasteiger partial charge in [0.1, 0.15) is 6.04 Å². The Kier molecular flexibility index (Phi) is 7.26. The van der Waals surface area contributed by atoms with Crippen LogP contribution in [0.1, 0.15) is 41.5 Å². The first-order chi connectivity index (χ1) is 16.0. The molecule has 0 saturated carbocycles. The summed E-state index contributed by atoms with van der Waals surface area (Å²) in [5.74, 6) is -0.111. The summed E-state index contributed by atoms with van der Waals surface area (Å²) in [5.41, 5.74) is 4.39. The van der Waals surface area contributed by atoms with E-state index in [1.807, 2.05) is 60.7 Å². The Morgan fingerprint density at radius 1 is 0.909 bits per heavy atom. The largest absolute Gasteiger partial charge is 0.355 e. The van der Waals surface area contributed by atoms with Gasteiger partial charge in [-0.1, -0.05) is 84.9 Å². The maximum atomic E-state index is 13.2. The van der Waals surface area contributed by atoms with Crippen molar-refractivity contribution in [2.45, 2.75) is 38.3 Å². The van der Waals surface area contributed by atoms with Crippen LogP contribution in [0.2, 0.25) is 0 Å². The van der Waals surface area contributed by atoms with Gasteiger partial charge in [0.2, 0.25) is 15.9 Å². The van der Waals surface area contributed by atoms with Crippen LogP contribution in [0.3, 0.4) is 0 Å². The van der Waals surface area contributed by atoms with Crippen LogP contribution in [0.5, 0.6) is 0 Å². The highest BCUT2D eigenvalue weighted by atomic mass is 32.2. The SMILES string of the molecule is CCS(=O)(=O)N1Cc2ccccc2CC1C(=O)NCCC(c1ccccc1)c1ccccc1. The van der Waals surface area contributed by atoms with Gasteiger partial charge in [0.15, 0.2) is 0 Å². The van der Waals surface area contributed by atoms with Gasteiger partial charge in [0.25, 0.3) is 0 Å². The van der Waals surface area contributed by atoms with Crippen LogP contribution >= 0.6 is 0 Å². The molecule has 6 heteroatoms. The molecule has 0 aliphatic carbocycles. The van der Waals surface area contributed by atoms with Gasteiger partial charge in [-0.05, 0) is 42.0 Å². The molecule has 0 saturated heterocycles. The Morgan fingerprint density at radius 3 is 2.03 bits per heavy atom. The molecule has 3 aromatic rings. The smallest absolute Gasteiger partial charge is 0.238 e. The average Bonchev–Trinajstić information content (AvgIpc) is 2.86. The molecule has 0 aromatic heterocycles. The van der Waals surface area contributed by atoms with E-state index in [0.29, 0.717) is 13.0 Å². The molecule has 172 valence electrons. The van der Waals surface area contributed by atoms with Crippen molar-refractivity contribution in [3.8, 4) is 0 Å². The van der Waals surface area contributed by atoms with Gasteiger partial charge in [-0.2, -0.15) is 4.31 Å². The van der Waals surface area contributed by atoms with Gasteiger partial charge in [-0.15, -0.1) is 0 Å². The number of benzene rings is 3. The summed E-state index contributed by atoms with van der Waals surface area (Å²) in [6.07, 6.45) is 1.12. The van der Waals surface area contributed by atoms with Crippen LogP contribution in [-0.2, 0) is 27.8 Å². The Balaban J connectivity index is 1.49. The number of sulfonamides is 1. The number of nitrogens with zero attached hydrogens (tertiary/aromatic N) is 1. The van der Waals surface area contributed by atoms with Crippen LogP contribution in [0.15, 0.2) is 84.9 Å². The number of hydrogen-bond donors (Lipinski definition) is 1. The van der Waals surface area contributed by atoms with Crippen molar-refractivity contribution >= 4 is 15.9 Å². The fraction of sp³-hybridized carbons (Fsp3) is 0.296. The minimum Gasteiger partial charge on any atom is -0.355 e. The number of carbonyl (C=O) groups is 1. The average molecular weight is 463 g/mol. The zero-order chi connectivity index (χ0) is 23.3.